The molecule has 1 aromatic heterocycles. The molecule has 1 amide bonds. The highest BCUT2D eigenvalue weighted by Crippen LogP contribution is 2.26. The Balaban J connectivity index is 1.21. The molecule has 4 heterocycles. The third-order valence-electron chi connectivity index (χ3n) is 6.34. The minimum absolute atomic E-state index is 0.0728. The average molecular weight is 409 g/mol. The minimum Gasteiger partial charge on any atom is -0.390 e. The SMILES string of the molecule is O=C(c1cc(NC2COC2)ncn1)N1CCC(N2CCc3ccccc3C2)C(O)C1. The summed E-state index contributed by atoms with van der Waals surface area (Å²) in [5.41, 5.74) is 3.09. The second-order valence-electron chi connectivity index (χ2n) is 8.33. The molecule has 158 valence electrons. The number of aromatic nitrogens is 2. The van der Waals surface area contributed by atoms with Gasteiger partial charge in [0.1, 0.15) is 17.8 Å². The number of anilines is 1. The first-order valence-corrected chi connectivity index (χ1v) is 10.6. The number of carbonyl (C=O) groups is 1. The highest BCUT2D eigenvalue weighted by molar-refractivity contribution is 5.93. The Morgan fingerprint density at radius 2 is 2.00 bits per heavy atom. The van der Waals surface area contributed by atoms with Crippen molar-refractivity contribution in [2.24, 2.45) is 0 Å². The Labute approximate surface area is 175 Å². The predicted molar refractivity (Wildman–Crippen MR) is 111 cm³/mol. The number of hydrogen-bond donors (Lipinski definition) is 2. The van der Waals surface area contributed by atoms with E-state index in [0.29, 0.717) is 37.8 Å². The standard InChI is InChI=1S/C22H27N5O3/c28-20-11-27(22(29)18-9-21(24-14-23-18)25-17-12-30-13-17)8-6-19(20)26-7-5-15-3-1-2-4-16(15)10-26/h1-4,9,14,17,19-20,28H,5-8,10-13H2,(H,23,24,25). The van der Waals surface area contributed by atoms with E-state index in [1.165, 1.54) is 17.5 Å². The van der Waals surface area contributed by atoms with E-state index in [-0.39, 0.29) is 18.0 Å². The summed E-state index contributed by atoms with van der Waals surface area (Å²) < 4.78 is 5.16. The van der Waals surface area contributed by atoms with Crippen LogP contribution in [-0.2, 0) is 17.7 Å². The van der Waals surface area contributed by atoms with Crippen molar-refractivity contribution in [3.63, 3.8) is 0 Å². The molecule has 0 saturated carbocycles. The molecule has 0 radical (unpaired) electrons. The molecule has 2 aromatic rings. The van der Waals surface area contributed by atoms with E-state index in [1.807, 2.05) is 0 Å². The van der Waals surface area contributed by atoms with Crippen molar-refractivity contribution in [3.05, 3.63) is 53.5 Å². The van der Waals surface area contributed by atoms with Gasteiger partial charge < -0.3 is 20.1 Å². The topological polar surface area (TPSA) is 90.8 Å². The number of benzene rings is 1. The minimum atomic E-state index is -0.570. The van der Waals surface area contributed by atoms with Crippen molar-refractivity contribution >= 4 is 11.7 Å². The highest BCUT2D eigenvalue weighted by Gasteiger charge is 2.35. The van der Waals surface area contributed by atoms with Crippen LogP contribution in [0.15, 0.2) is 36.7 Å². The van der Waals surface area contributed by atoms with Crippen molar-refractivity contribution < 1.29 is 14.6 Å². The zero-order valence-corrected chi connectivity index (χ0v) is 16.9. The van der Waals surface area contributed by atoms with Crippen LogP contribution in [0.4, 0.5) is 5.82 Å². The van der Waals surface area contributed by atoms with Gasteiger partial charge in [-0.2, -0.15) is 0 Å². The first kappa shape index (κ1) is 19.4. The molecule has 1 aromatic carbocycles. The number of nitrogens with zero attached hydrogens (tertiary/aromatic N) is 4. The molecule has 3 aliphatic heterocycles. The fraction of sp³-hybridized carbons (Fsp3) is 0.500. The van der Waals surface area contributed by atoms with Gasteiger partial charge in [-0.05, 0) is 24.0 Å². The Hall–Kier alpha value is -2.55. The zero-order chi connectivity index (χ0) is 20.5. The van der Waals surface area contributed by atoms with Crippen molar-refractivity contribution in [1.29, 1.82) is 0 Å². The van der Waals surface area contributed by atoms with E-state index in [0.717, 1.165) is 25.9 Å². The van der Waals surface area contributed by atoms with Gasteiger partial charge in [0, 0.05) is 38.3 Å². The number of piperidine rings is 1. The number of amides is 1. The van der Waals surface area contributed by atoms with E-state index in [4.69, 9.17) is 4.74 Å². The second-order valence-corrected chi connectivity index (χ2v) is 8.33. The van der Waals surface area contributed by atoms with Gasteiger partial charge >= 0.3 is 0 Å². The number of nitrogens with one attached hydrogen (secondary N) is 1. The smallest absolute Gasteiger partial charge is 0.272 e. The molecule has 5 rings (SSSR count). The summed E-state index contributed by atoms with van der Waals surface area (Å²) in [5, 5.41) is 14.1. The molecular formula is C22H27N5O3. The van der Waals surface area contributed by atoms with Crippen LogP contribution in [0.5, 0.6) is 0 Å². The summed E-state index contributed by atoms with van der Waals surface area (Å²) in [7, 11) is 0. The van der Waals surface area contributed by atoms with E-state index in [1.54, 1.807) is 11.0 Å². The van der Waals surface area contributed by atoms with Crippen LogP contribution in [-0.4, -0.2) is 81.8 Å². The molecule has 8 heteroatoms. The van der Waals surface area contributed by atoms with Gasteiger partial charge in [0.2, 0.25) is 0 Å². The molecule has 30 heavy (non-hydrogen) atoms. The third kappa shape index (κ3) is 3.90. The molecule has 2 unspecified atom stereocenters. The normalized spacial score (nSPS) is 24.8. The largest absolute Gasteiger partial charge is 0.390 e. The quantitative estimate of drug-likeness (QED) is 0.776. The van der Waals surface area contributed by atoms with Crippen molar-refractivity contribution in [2.75, 3.05) is 38.2 Å². The van der Waals surface area contributed by atoms with Crippen LogP contribution in [0, 0.1) is 0 Å². The fourth-order valence-electron chi connectivity index (χ4n) is 4.57. The summed E-state index contributed by atoms with van der Waals surface area (Å²) >= 11 is 0. The Kier molecular flexibility index (Phi) is 5.37. The number of β-amino-alcohol motifs (C(OH)–C–C–N with tert-alkyl or cyclic N) is 1. The number of aliphatic hydroxyl groups excluding tert-OH is 1. The predicted octanol–water partition coefficient (Wildman–Crippen LogP) is 0.921. The summed E-state index contributed by atoms with van der Waals surface area (Å²) in [6.07, 6.45) is 2.60. The number of ether oxygens (including phenoxy) is 1. The lowest BCUT2D eigenvalue weighted by Gasteiger charge is -2.43. The Bertz CT molecular complexity index is 919. The van der Waals surface area contributed by atoms with E-state index in [2.05, 4.69) is 44.5 Å². The van der Waals surface area contributed by atoms with Crippen molar-refractivity contribution in [3.8, 4) is 0 Å². The van der Waals surface area contributed by atoms with Crippen LogP contribution in [0.1, 0.15) is 28.0 Å². The first-order chi connectivity index (χ1) is 14.7. The van der Waals surface area contributed by atoms with Gasteiger partial charge in [0.05, 0.1) is 25.4 Å². The number of likely N-dealkylation sites (tertiary alicyclic amines) is 1. The number of aliphatic hydroxyl groups is 1. The average Bonchev–Trinajstić information content (AvgIpc) is 2.75. The second kappa shape index (κ2) is 8.29. The molecule has 2 saturated heterocycles. The number of hydrogen-bond acceptors (Lipinski definition) is 7. The maximum Gasteiger partial charge on any atom is 0.272 e. The summed E-state index contributed by atoms with van der Waals surface area (Å²) in [6.45, 7) is 4.03. The van der Waals surface area contributed by atoms with Crippen molar-refractivity contribution in [2.45, 2.75) is 37.6 Å². The molecule has 2 atom stereocenters. The molecule has 0 aliphatic carbocycles. The lowest BCUT2D eigenvalue weighted by atomic mass is 9.94. The monoisotopic (exact) mass is 409 g/mol. The third-order valence-corrected chi connectivity index (χ3v) is 6.34. The van der Waals surface area contributed by atoms with Crippen LogP contribution >= 0.6 is 0 Å². The van der Waals surface area contributed by atoms with Crippen LogP contribution in [0.25, 0.3) is 0 Å². The molecule has 2 fully saturated rings. The lowest BCUT2D eigenvalue weighted by Crippen LogP contribution is -2.56. The first-order valence-electron chi connectivity index (χ1n) is 10.6. The molecule has 0 bridgehead atoms. The zero-order valence-electron chi connectivity index (χ0n) is 16.9. The summed E-state index contributed by atoms with van der Waals surface area (Å²) in [5.74, 6) is 0.468. The Morgan fingerprint density at radius 3 is 2.77 bits per heavy atom. The van der Waals surface area contributed by atoms with E-state index < -0.39 is 6.10 Å². The summed E-state index contributed by atoms with van der Waals surface area (Å²) in [4.78, 5) is 25.4. The van der Waals surface area contributed by atoms with E-state index >= 15 is 0 Å². The number of rotatable bonds is 4. The van der Waals surface area contributed by atoms with Gasteiger partial charge in [-0.1, -0.05) is 24.3 Å². The molecule has 0 spiro atoms. The lowest BCUT2D eigenvalue weighted by molar-refractivity contribution is -0.0139. The number of carbonyl (C=O) groups excluding carboxylic acids is 1. The van der Waals surface area contributed by atoms with Crippen molar-refractivity contribution in [1.82, 2.24) is 19.8 Å². The van der Waals surface area contributed by atoms with Gasteiger partial charge in [-0.25, -0.2) is 9.97 Å². The van der Waals surface area contributed by atoms with Gasteiger partial charge in [0.15, 0.2) is 0 Å². The highest BCUT2D eigenvalue weighted by atomic mass is 16.5. The fourth-order valence-corrected chi connectivity index (χ4v) is 4.57. The maximum atomic E-state index is 13.0. The van der Waals surface area contributed by atoms with Crippen LogP contribution < -0.4 is 5.32 Å². The molecular weight excluding hydrogens is 382 g/mol. The summed E-state index contributed by atoms with van der Waals surface area (Å²) in [6, 6.07) is 10.5. The van der Waals surface area contributed by atoms with Gasteiger partial charge in [-0.15, -0.1) is 0 Å². The molecule has 8 nitrogen and oxygen atoms in total. The van der Waals surface area contributed by atoms with Crippen LogP contribution in [0.3, 0.4) is 0 Å². The Morgan fingerprint density at radius 1 is 1.17 bits per heavy atom. The van der Waals surface area contributed by atoms with Crippen LogP contribution in [0.2, 0.25) is 0 Å². The maximum absolute atomic E-state index is 13.0. The molecule has 2 N–H and O–H groups in total. The van der Waals surface area contributed by atoms with E-state index in [9.17, 15) is 9.90 Å². The number of fused-ring (bicyclic) bond motifs is 1. The van der Waals surface area contributed by atoms with Gasteiger partial charge in [-0.3, -0.25) is 9.69 Å². The molecule has 3 aliphatic rings. The van der Waals surface area contributed by atoms with Gasteiger partial charge in [0.25, 0.3) is 5.91 Å².